The summed E-state index contributed by atoms with van der Waals surface area (Å²) in [5.41, 5.74) is 0.944. The van der Waals surface area contributed by atoms with Gasteiger partial charge in [0.05, 0.1) is 15.9 Å². The Morgan fingerprint density at radius 1 is 1.42 bits per heavy atom. The molecule has 3 heteroatoms. The van der Waals surface area contributed by atoms with Crippen LogP contribution in [0.25, 0.3) is 10.9 Å². The fraction of sp³-hybridized carbons (Fsp3) is 0.111. The van der Waals surface area contributed by atoms with Crippen LogP contribution in [0.2, 0.25) is 5.02 Å². The molecule has 0 saturated heterocycles. The summed E-state index contributed by atoms with van der Waals surface area (Å²) in [6.45, 7) is 0. The standard InChI is InChI=1S/C9H8ClNO/c1-11-5-6(10)9-7(11)3-2-4-8(9)12/h2-5,12H,1H3. The lowest BCUT2D eigenvalue weighted by molar-refractivity contribution is 0.481. The molecule has 1 aromatic carbocycles. The van der Waals surface area contributed by atoms with Gasteiger partial charge in [-0.15, -0.1) is 0 Å². The molecule has 0 aliphatic rings. The van der Waals surface area contributed by atoms with Crippen LogP contribution in [-0.2, 0) is 7.05 Å². The monoisotopic (exact) mass is 181 g/mol. The molecule has 2 aromatic rings. The molecule has 0 atom stereocenters. The fourth-order valence-corrected chi connectivity index (χ4v) is 1.71. The number of fused-ring (bicyclic) bond motifs is 1. The van der Waals surface area contributed by atoms with Crippen molar-refractivity contribution in [1.82, 2.24) is 4.57 Å². The number of aromatic hydroxyl groups is 1. The quantitative estimate of drug-likeness (QED) is 0.664. The Bertz CT molecular complexity index is 433. The van der Waals surface area contributed by atoms with Gasteiger partial charge >= 0.3 is 0 Å². The van der Waals surface area contributed by atoms with E-state index < -0.39 is 0 Å². The number of nitrogens with zero attached hydrogens (tertiary/aromatic N) is 1. The van der Waals surface area contributed by atoms with Gasteiger partial charge in [-0.3, -0.25) is 0 Å². The summed E-state index contributed by atoms with van der Waals surface area (Å²) >= 11 is 5.90. The zero-order chi connectivity index (χ0) is 8.72. The third-order valence-electron chi connectivity index (χ3n) is 1.95. The Morgan fingerprint density at radius 2 is 2.17 bits per heavy atom. The first-order valence-corrected chi connectivity index (χ1v) is 4.00. The van der Waals surface area contributed by atoms with Crippen LogP contribution in [0.3, 0.4) is 0 Å². The Morgan fingerprint density at radius 3 is 2.83 bits per heavy atom. The highest BCUT2D eigenvalue weighted by molar-refractivity contribution is 6.36. The van der Waals surface area contributed by atoms with Crippen molar-refractivity contribution in [3.8, 4) is 5.75 Å². The van der Waals surface area contributed by atoms with Crippen LogP contribution in [0.4, 0.5) is 0 Å². The van der Waals surface area contributed by atoms with Crippen molar-refractivity contribution in [1.29, 1.82) is 0 Å². The Labute approximate surface area is 75.0 Å². The Balaban J connectivity index is 2.99. The van der Waals surface area contributed by atoms with Gasteiger partial charge in [0.2, 0.25) is 0 Å². The van der Waals surface area contributed by atoms with E-state index in [1.54, 1.807) is 18.3 Å². The molecule has 62 valence electrons. The van der Waals surface area contributed by atoms with Crippen molar-refractivity contribution in [3.63, 3.8) is 0 Å². The fourth-order valence-electron chi connectivity index (χ4n) is 1.37. The number of rotatable bonds is 0. The molecule has 2 nitrogen and oxygen atoms in total. The Kier molecular flexibility index (Phi) is 1.51. The molecule has 0 bridgehead atoms. The zero-order valence-electron chi connectivity index (χ0n) is 6.58. The summed E-state index contributed by atoms with van der Waals surface area (Å²) in [4.78, 5) is 0. The van der Waals surface area contributed by atoms with Crippen molar-refractivity contribution in [2.75, 3.05) is 0 Å². The number of phenolic OH excluding ortho intramolecular Hbond substituents is 1. The molecule has 12 heavy (non-hydrogen) atoms. The van der Waals surface area contributed by atoms with Crippen LogP contribution >= 0.6 is 11.6 Å². The molecule has 1 aromatic heterocycles. The second-order valence-electron chi connectivity index (χ2n) is 2.76. The lowest BCUT2D eigenvalue weighted by Crippen LogP contribution is -1.82. The van der Waals surface area contributed by atoms with Crippen LogP contribution < -0.4 is 0 Å². The first-order valence-electron chi connectivity index (χ1n) is 3.62. The molecule has 0 saturated carbocycles. The zero-order valence-corrected chi connectivity index (χ0v) is 7.34. The predicted molar refractivity (Wildman–Crippen MR) is 49.6 cm³/mol. The van der Waals surface area contributed by atoms with Crippen LogP contribution in [0, 0.1) is 0 Å². The number of aromatic nitrogens is 1. The van der Waals surface area contributed by atoms with Crippen LogP contribution in [0.1, 0.15) is 0 Å². The van der Waals surface area contributed by atoms with Gasteiger partial charge in [-0.2, -0.15) is 0 Å². The van der Waals surface area contributed by atoms with Gasteiger partial charge in [-0.05, 0) is 12.1 Å². The van der Waals surface area contributed by atoms with E-state index >= 15 is 0 Å². The first-order chi connectivity index (χ1) is 5.70. The molecule has 0 fully saturated rings. The number of halogens is 1. The minimum absolute atomic E-state index is 0.234. The van der Waals surface area contributed by atoms with E-state index in [0.717, 1.165) is 10.9 Å². The number of hydrogen-bond donors (Lipinski definition) is 1. The van der Waals surface area contributed by atoms with Gasteiger partial charge in [0.25, 0.3) is 0 Å². The van der Waals surface area contributed by atoms with E-state index in [1.807, 2.05) is 17.7 Å². The van der Waals surface area contributed by atoms with Gasteiger partial charge < -0.3 is 9.67 Å². The maximum atomic E-state index is 9.47. The van der Waals surface area contributed by atoms with E-state index in [-0.39, 0.29) is 5.75 Å². The highest BCUT2D eigenvalue weighted by atomic mass is 35.5. The van der Waals surface area contributed by atoms with Crippen molar-refractivity contribution in [3.05, 3.63) is 29.4 Å². The molecule has 0 aliphatic carbocycles. The lowest BCUT2D eigenvalue weighted by atomic mass is 10.2. The summed E-state index contributed by atoms with van der Waals surface area (Å²) in [6, 6.07) is 5.35. The molecule has 0 spiro atoms. The maximum Gasteiger partial charge on any atom is 0.126 e. The Hall–Kier alpha value is -1.15. The number of hydrogen-bond acceptors (Lipinski definition) is 1. The second-order valence-corrected chi connectivity index (χ2v) is 3.17. The van der Waals surface area contributed by atoms with Crippen molar-refractivity contribution < 1.29 is 5.11 Å². The maximum absolute atomic E-state index is 9.47. The van der Waals surface area contributed by atoms with Crippen LogP contribution in [0.15, 0.2) is 24.4 Å². The third-order valence-corrected chi connectivity index (χ3v) is 2.23. The van der Waals surface area contributed by atoms with Crippen molar-refractivity contribution in [2.24, 2.45) is 7.05 Å². The third kappa shape index (κ3) is 0.883. The molecular weight excluding hydrogens is 174 g/mol. The largest absolute Gasteiger partial charge is 0.507 e. The smallest absolute Gasteiger partial charge is 0.126 e. The minimum Gasteiger partial charge on any atom is -0.507 e. The summed E-state index contributed by atoms with van der Waals surface area (Å²) in [5.74, 6) is 0.234. The van der Waals surface area contributed by atoms with E-state index in [9.17, 15) is 5.11 Å². The number of benzene rings is 1. The topological polar surface area (TPSA) is 25.2 Å². The predicted octanol–water partition coefficient (Wildman–Crippen LogP) is 2.54. The van der Waals surface area contributed by atoms with Gasteiger partial charge in [0.1, 0.15) is 5.75 Å². The van der Waals surface area contributed by atoms with E-state index in [0.29, 0.717) is 5.02 Å². The normalized spacial score (nSPS) is 10.8. The summed E-state index contributed by atoms with van der Waals surface area (Å²) in [7, 11) is 1.90. The minimum atomic E-state index is 0.234. The van der Waals surface area contributed by atoms with E-state index in [4.69, 9.17) is 11.6 Å². The molecule has 0 unspecified atom stereocenters. The molecule has 0 aliphatic heterocycles. The lowest BCUT2D eigenvalue weighted by Gasteiger charge is -1.96. The van der Waals surface area contributed by atoms with Crippen molar-refractivity contribution >= 4 is 22.5 Å². The van der Waals surface area contributed by atoms with Gasteiger partial charge in [0, 0.05) is 13.2 Å². The van der Waals surface area contributed by atoms with Gasteiger partial charge in [0.15, 0.2) is 0 Å². The molecule has 2 rings (SSSR count). The first kappa shape index (κ1) is 7.50. The molecule has 1 N–H and O–H groups in total. The average molecular weight is 182 g/mol. The van der Waals surface area contributed by atoms with Gasteiger partial charge in [-0.25, -0.2) is 0 Å². The molecular formula is C9H8ClNO. The van der Waals surface area contributed by atoms with Crippen LogP contribution in [0.5, 0.6) is 5.75 Å². The number of aryl methyl sites for hydroxylation is 1. The SMILES string of the molecule is Cn1cc(Cl)c2c(O)cccc21. The molecule has 0 amide bonds. The highest BCUT2D eigenvalue weighted by Gasteiger charge is 2.07. The molecule has 1 heterocycles. The van der Waals surface area contributed by atoms with E-state index in [1.165, 1.54) is 0 Å². The van der Waals surface area contributed by atoms with Crippen molar-refractivity contribution in [2.45, 2.75) is 0 Å². The van der Waals surface area contributed by atoms with Crippen LogP contribution in [-0.4, -0.2) is 9.67 Å². The summed E-state index contributed by atoms with van der Waals surface area (Å²) in [6.07, 6.45) is 1.78. The van der Waals surface area contributed by atoms with Gasteiger partial charge in [-0.1, -0.05) is 17.7 Å². The second kappa shape index (κ2) is 2.42. The number of phenols is 1. The van der Waals surface area contributed by atoms with E-state index in [2.05, 4.69) is 0 Å². The average Bonchev–Trinajstić information content (AvgIpc) is 2.29. The summed E-state index contributed by atoms with van der Waals surface area (Å²) < 4.78 is 1.89. The summed E-state index contributed by atoms with van der Waals surface area (Å²) in [5, 5.41) is 10.8. The highest BCUT2D eigenvalue weighted by Crippen LogP contribution is 2.31. The molecule has 0 radical (unpaired) electrons.